The summed E-state index contributed by atoms with van der Waals surface area (Å²) in [6, 6.07) is 196. The van der Waals surface area contributed by atoms with E-state index in [1.807, 2.05) is 34.8 Å². The van der Waals surface area contributed by atoms with Crippen LogP contribution >= 0.6 is 22.7 Å². The molecule has 0 spiro atoms. The lowest BCUT2D eigenvalue weighted by molar-refractivity contribution is 0.669. The Bertz CT molecular complexity index is 9750. The van der Waals surface area contributed by atoms with Gasteiger partial charge < -0.3 is 4.42 Å². The van der Waals surface area contributed by atoms with E-state index >= 15 is 0 Å². The third kappa shape index (κ3) is 14.3. The van der Waals surface area contributed by atoms with Gasteiger partial charge in [-0.2, -0.15) is 0 Å². The van der Waals surface area contributed by atoms with Gasteiger partial charge in [-0.15, -0.1) is 22.7 Å². The molecule has 0 N–H and O–H groups in total. The zero-order valence-corrected chi connectivity index (χ0v) is 81.7. The predicted octanol–water partition coefficient (Wildman–Crippen LogP) is 41.8. The molecule has 0 amide bonds. The van der Waals surface area contributed by atoms with Crippen molar-refractivity contribution in [1.82, 2.24) is 0 Å². The highest BCUT2D eigenvalue weighted by molar-refractivity contribution is 7.26. The molecule has 3 aliphatic rings. The molecule has 31 rings (SSSR count). The van der Waals surface area contributed by atoms with Crippen LogP contribution in [0.4, 0.5) is 0 Å². The molecule has 0 saturated heterocycles. The van der Waals surface area contributed by atoms with Crippen LogP contribution in [0.2, 0.25) is 0 Å². The van der Waals surface area contributed by atoms with Crippen LogP contribution in [0, 0.1) is 0 Å². The molecule has 0 fully saturated rings. The summed E-state index contributed by atoms with van der Waals surface area (Å²) in [5.74, 6) is 0. The predicted molar refractivity (Wildman–Crippen MR) is 629 cm³/mol. The molecule has 1 nitrogen and oxygen atoms in total. The molecule has 3 heteroatoms. The molecule has 0 atom stereocenters. The second-order valence-corrected chi connectivity index (χ2v) is 41.0. The third-order valence-corrected chi connectivity index (χ3v) is 33.1. The number of thiophene rings is 2. The Morgan fingerprint density at radius 1 is 0.122 bits per heavy atom. The Hall–Kier alpha value is -18.5. The van der Waals surface area contributed by atoms with E-state index in [9.17, 15) is 0 Å². The molecule has 28 aromatic rings. The second-order valence-electron chi connectivity index (χ2n) is 38.8. The normalized spacial score (nSPS) is 11.8. The van der Waals surface area contributed by atoms with Gasteiger partial charge in [-0.25, -0.2) is 0 Å². The van der Waals surface area contributed by atoms with Crippen LogP contribution in [-0.4, -0.2) is 0 Å². The lowest BCUT2D eigenvalue weighted by atomic mass is 9.82. The Morgan fingerprint density at radius 2 is 0.374 bits per heavy atom. The van der Waals surface area contributed by atoms with Crippen LogP contribution in [0.15, 0.2) is 538 Å². The highest BCUT2D eigenvalue weighted by atomic mass is 32.1. The minimum Gasteiger partial charge on any atom is -0.456 e. The van der Waals surface area contributed by atoms with Crippen molar-refractivity contribution in [3.63, 3.8) is 0 Å². The standard InChI is InChI=1S/C52H32S.C46H28O.C46H28S/c1-3-12-35(13-4-1)46-32-45(49(39-14-5-2-6-15-39)51-44-22-10-17-38-16-9-21-43(48(38)44)50(46)51)37-30-26-34(27-31-37)33-24-28-36(29-25-33)40-19-11-20-42-41-18-7-8-23-47(41)53-52(40)42;2*1-3-11-30(12-4-1)39-28-38(31-23-21-29(22-24-31)34-25-26-42-40(27-34)35-17-7-8-20-41(35)47-42)44(33-13-5-2-6-14-33)46-37-19-10-16-32-15-9-18-36(43(32)37)45(39)46/h1-32H;2*1-28H. The SMILES string of the molecule is c1ccc(-c2cc(-c3ccc(-c4ccc(-c5cccc6c5sc5ccccc56)cc4)cc3)c(-c3ccccc3)c3c2-c2cccc4cccc-3c24)cc1.c1ccc(-c2cc(-c3ccc(-c4ccc5oc6ccccc6c5c4)cc3)c(-c3ccccc3)c3c2-c2cccc4cccc-3c24)cc1.c1ccc(-c2cc(-c3ccc(-c4ccc5sc6ccccc6c5c4)cc3)c(-c3ccccc3)c3c2-c2cccc4cccc-3c24)cc1. The number of benzene rings is 25. The number of furan rings is 1. The van der Waals surface area contributed by atoms with E-state index in [1.54, 1.807) is 0 Å². The summed E-state index contributed by atoms with van der Waals surface area (Å²) in [5.41, 5.74) is 49.9. The summed E-state index contributed by atoms with van der Waals surface area (Å²) >= 11 is 3.75. The van der Waals surface area contributed by atoms with Crippen molar-refractivity contribution < 1.29 is 4.42 Å². The molecule has 682 valence electrons. The van der Waals surface area contributed by atoms with E-state index in [2.05, 4.69) is 522 Å². The topological polar surface area (TPSA) is 13.1 Å². The fourth-order valence-corrected chi connectivity index (χ4v) is 26.4. The number of rotatable bonds is 13. The number of para-hydroxylation sites is 1. The highest BCUT2D eigenvalue weighted by Gasteiger charge is 2.35. The fourth-order valence-electron chi connectivity index (χ4n) is 24.1. The molecule has 0 radical (unpaired) electrons. The van der Waals surface area contributed by atoms with Crippen molar-refractivity contribution in [2.24, 2.45) is 0 Å². The van der Waals surface area contributed by atoms with E-state index in [0.29, 0.717) is 0 Å². The van der Waals surface area contributed by atoms with Crippen LogP contribution in [-0.2, 0) is 0 Å². The maximum Gasteiger partial charge on any atom is 0.135 e. The average Bonchev–Trinajstić information content (AvgIpc) is 1.56. The lowest BCUT2D eigenvalue weighted by Gasteiger charge is -2.21. The van der Waals surface area contributed by atoms with Gasteiger partial charge in [0.25, 0.3) is 0 Å². The quantitative estimate of drug-likeness (QED) is 0.112. The van der Waals surface area contributed by atoms with Crippen molar-refractivity contribution in [2.75, 3.05) is 0 Å². The van der Waals surface area contributed by atoms with Gasteiger partial charge in [0.15, 0.2) is 0 Å². The maximum absolute atomic E-state index is 6.10. The summed E-state index contributed by atoms with van der Waals surface area (Å²) in [5, 5.41) is 15.5. The smallest absolute Gasteiger partial charge is 0.135 e. The third-order valence-electron chi connectivity index (χ3n) is 30.7. The van der Waals surface area contributed by atoms with Crippen molar-refractivity contribution in [1.29, 1.82) is 0 Å². The van der Waals surface area contributed by atoms with Crippen LogP contribution in [0.3, 0.4) is 0 Å². The van der Waals surface area contributed by atoms with E-state index in [0.717, 1.165) is 21.9 Å². The zero-order chi connectivity index (χ0) is 96.7. The van der Waals surface area contributed by atoms with Gasteiger partial charge in [0.05, 0.1) is 0 Å². The summed E-state index contributed by atoms with van der Waals surface area (Å²) in [7, 11) is 0. The van der Waals surface area contributed by atoms with Gasteiger partial charge >= 0.3 is 0 Å². The number of fused-ring (bicyclic) bond motifs is 18. The first-order valence-corrected chi connectivity index (χ1v) is 52.3. The van der Waals surface area contributed by atoms with Crippen molar-refractivity contribution in [2.45, 2.75) is 0 Å². The molecule has 3 aromatic heterocycles. The Balaban J connectivity index is 0.000000104. The lowest BCUT2D eigenvalue weighted by Crippen LogP contribution is -1.94. The zero-order valence-electron chi connectivity index (χ0n) is 80.0. The second kappa shape index (κ2) is 35.3. The first-order chi connectivity index (χ1) is 72.9. The Morgan fingerprint density at radius 3 is 0.769 bits per heavy atom. The fraction of sp³-hybridized carbons (Fsp3) is 0. The first-order valence-electron chi connectivity index (χ1n) is 50.6. The molecule has 25 aromatic carbocycles. The van der Waals surface area contributed by atoms with Gasteiger partial charge in [-0.1, -0.05) is 473 Å². The van der Waals surface area contributed by atoms with E-state index in [4.69, 9.17) is 4.42 Å². The number of hydrogen-bond donors (Lipinski definition) is 0. The molecule has 3 heterocycles. The molecule has 3 aliphatic carbocycles. The van der Waals surface area contributed by atoms with E-state index in [-0.39, 0.29) is 0 Å². The van der Waals surface area contributed by atoms with E-state index in [1.165, 1.54) is 284 Å². The van der Waals surface area contributed by atoms with Crippen LogP contribution in [0.25, 0.3) is 306 Å². The Labute approximate surface area is 860 Å². The maximum atomic E-state index is 6.10. The van der Waals surface area contributed by atoms with Crippen LogP contribution < -0.4 is 0 Å². The first kappa shape index (κ1) is 85.3. The molecule has 0 unspecified atom stereocenters. The van der Waals surface area contributed by atoms with Gasteiger partial charge in [-0.05, 0) is 304 Å². The molecule has 147 heavy (non-hydrogen) atoms. The summed E-state index contributed by atoms with van der Waals surface area (Å²) in [6.45, 7) is 0. The van der Waals surface area contributed by atoms with Crippen LogP contribution in [0.5, 0.6) is 0 Å². The molecular weight excluding hydrogens is 1810 g/mol. The Kier molecular flexibility index (Phi) is 20.5. The highest BCUT2D eigenvalue weighted by Crippen LogP contribution is 2.62. The summed E-state index contributed by atoms with van der Waals surface area (Å²) < 4.78 is 11.5. The van der Waals surface area contributed by atoms with Gasteiger partial charge in [0.2, 0.25) is 0 Å². The van der Waals surface area contributed by atoms with Crippen molar-refractivity contribution in [3.05, 3.63) is 534 Å². The number of hydrogen-bond acceptors (Lipinski definition) is 3. The molecule has 0 saturated carbocycles. The van der Waals surface area contributed by atoms with Gasteiger partial charge in [0.1, 0.15) is 11.2 Å². The molecule has 0 bridgehead atoms. The summed E-state index contributed by atoms with van der Waals surface area (Å²) in [4.78, 5) is 0. The van der Waals surface area contributed by atoms with Crippen molar-refractivity contribution in [3.8, 4) is 211 Å². The van der Waals surface area contributed by atoms with Crippen molar-refractivity contribution >= 4 is 117 Å². The average molecular weight is 1900 g/mol. The molecule has 0 aliphatic heterocycles. The van der Waals surface area contributed by atoms with E-state index < -0.39 is 0 Å². The van der Waals surface area contributed by atoms with Gasteiger partial charge in [-0.3, -0.25) is 0 Å². The minimum atomic E-state index is 0.918. The minimum absolute atomic E-state index is 0.918. The van der Waals surface area contributed by atoms with Gasteiger partial charge in [0, 0.05) is 51.1 Å². The monoisotopic (exact) mass is 1900 g/mol. The largest absolute Gasteiger partial charge is 0.456 e. The molecular formula is C144H88OS2. The summed E-state index contributed by atoms with van der Waals surface area (Å²) in [6.07, 6.45) is 0. The van der Waals surface area contributed by atoms with Crippen LogP contribution in [0.1, 0.15) is 0 Å².